The number of carbonyl (C=O) groups is 1. The number of nitrogens with two attached hydrogens (primary N) is 1. The first-order chi connectivity index (χ1) is 14.7. The van der Waals surface area contributed by atoms with Gasteiger partial charge in [0.15, 0.2) is 0 Å². The molecule has 0 saturated carbocycles. The highest BCUT2D eigenvalue weighted by atomic mass is 28.3. The fourth-order valence-electron chi connectivity index (χ4n) is 2.85. The van der Waals surface area contributed by atoms with E-state index in [0.29, 0.717) is 11.3 Å². The van der Waals surface area contributed by atoms with E-state index < -0.39 is 19.0 Å². The van der Waals surface area contributed by atoms with Gasteiger partial charge in [0.25, 0.3) is 5.69 Å². The number of benzene rings is 3. The van der Waals surface area contributed by atoms with Crippen molar-refractivity contribution in [3.05, 3.63) is 88.0 Å². The molecule has 0 atom stereocenters. The van der Waals surface area contributed by atoms with Gasteiger partial charge in [-0.15, -0.1) is 5.54 Å². The van der Waals surface area contributed by atoms with E-state index in [2.05, 4.69) is 31.1 Å². The summed E-state index contributed by atoms with van der Waals surface area (Å²) >= 11 is 0. The second kappa shape index (κ2) is 8.86. The first kappa shape index (κ1) is 21.8. The smallest absolute Gasteiger partial charge is 0.345 e. The highest BCUT2D eigenvalue weighted by Gasteiger charge is 2.19. The molecular formula is C24H22N2O4Si. The van der Waals surface area contributed by atoms with Crippen LogP contribution in [0.1, 0.15) is 15.9 Å². The van der Waals surface area contributed by atoms with Crippen LogP contribution in [0, 0.1) is 21.6 Å². The second-order valence-corrected chi connectivity index (χ2v) is 12.7. The van der Waals surface area contributed by atoms with Crippen LogP contribution in [0.15, 0.2) is 66.7 Å². The van der Waals surface area contributed by atoms with Crippen molar-refractivity contribution < 1.29 is 14.5 Å². The number of anilines is 1. The molecule has 3 aromatic rings. The van der Waals surface area contributed by atoms with Crippen LogP contribution in [-0.4, -0.2) is 19.0 Å². The summed E-state index contributed by atoms with van der Waals surface area (Å²) in [6.07, 6.45) is 0. The van der Waals surface area contributed by atoms with Crippen molar-refractivity contribution in [3.63, 3.8) is 0 Å². The van der Waals surface area contributed by atoms with E-state index in [0.717, 1.165) is 17.2 Å². The Balaban J connectivity index is 2.02. The maximum Gasteiger partial charge on any atom is 0.345 e. The number of nitro groups is 1. The summed E-state index contributed by atoms with van der Waals surface area (Å²) in [6.45, 7) is 6.51. The van der Waals surface area contributed by atoms with Crippen LogP contribution in [-0.2, 0) is 0 Å². The van der Waals surface area contributed by atoms with Crippen LogP contribution in [0.2, 0.25) is 19.6 Å². The number of nitro benzene ring substituents is 1. The number of carbonyl (C=O) groups excluding carboxylic acids is 1. The standard InChI is InChI=1S/C24H22N2O4Si/c1-31(2,3)15-14-17-8-4-5-9-19(17)20-10-6-7-11-23(20)30-24(27)21-16-18(26(28)29)12-13-22(21)25/h4-13,16H,25H2,1-3H3. The third-order valence-corrected chi connectivity index (χ3v) is 5.22. The average molecular weight is 431 g/mol. The summed E-state index contributed by atoms with van der Waals surface area (Å²) in [5, 5.41) is 11.1. The molecule has 2 N–H and O–H groups in total. The van der Waals surface area contributed by atoms with E-state index in [4.69, 9.17) is 10.5 Å². The Morgan fingerprint density at radius 1 is 1.00 bits per heavy atom. The Bertz CT molecular complexity index is 1220. The van der Waals surface area contributed by atoms with E-state index in [1.54, 1.807) is 12.1 Å². The Kier molecular flexibility index (Phi) is 6.23. The Labute approximate surface area is 181 Å². The van der Waals surface area contributed by atoms with Crippen LogP contribution < -0.4 is 10.5 Å². The Morgan fingerprint density at radius 3 is 2.32 bits per heavy atom. The van der Waals surface area contributed by atoms with Crippen molar-refractivity contribution in [2.75, 3.05) is 5.73 Å². The Morgan fingerprint density at radius 2 is 1.65 bits per heavy atom. The van der Waals surface area contributed by atoms with E-state index in [-0.39, 0.29) is 16.9 Å². The second-order valence-electron chi connectivity index (χ2n) is 7.96. The molecule has 7 heteroatoms. The van der Waals surface area contributed by atoms with Gasteiger partial charge >= 0.3 is 5.97 Å². The molecule has 31 heavy (non-hydrogen) atoms. The molecule has 0 aliphatic carbocycles. The summed E-state index contributed by atoms with van der Waals surface area (Å²) < 4.78 is 5.62. The fourth-order valence-corrected chi connectivity index (χ4v) is 3.36. The van der Waals surface area contributed by atoms with Gasteiger partial charge in [-0.1, -0.05) is 62.0 Å². The topological polar surface area (TPSA) is 95.5 Å². The molecule has 0 aliphatic heterocycles. The summed E-state index contributed by atoms with van der Waals surface area (Å²) in [5.41, 5.74) is 11.4. The van der Waals surface area contributed by atoms with E-state index in [9.17, 15) is 14.9 Å². The summed E-state index contributed by atoms with van der Waals surface area (Å²) in [4.78, 5) is 23.3. The monoisotopic (exact) mass is 430 g/mol. The molecule has 0 aliphatic rings. The van der Waals surface area contributed by atoms with Gasteiger partial charge in [-0.2, -0.15) is 0 Å². The van der Waals surface area contributed by atoms with Crippen LogP contribution in [0.3, 0.4) is 0 Å². The first-order valence-corrected chi connectivity index (χ1v) is 13.1. The van der Waals surface area contributed by atoms with Gasteiger partial charge in [-0.3, -0.25) is 10.1 Å². The molecule has 0 unspecified atom stereocenters. The lowest BCUT2D eigenvalue weighted by atomic mass is 9.99. The van der Waals surface area contributed by atoms with Crippen LogP contribution in [0.5, 0.6) is 5.75 Å². The van der Waals surface area contributed by atoms with Gasteiger partial charge in [0.05, 0.1) is 10.5 Å². The molecule has 0 amide bonds. The molecule has 0 aromatic heterocycles. The number of esters is 1. The Hall–Kier alpha value is -3.89. The summed E-state index contributed by atoms with van der Waals surface area (Å²) in [6, 6.07) is 18.4. The van der Waals surface area contributed by atoms with E-state index in [1.807, 2.05) is 36.4 Å². The van der Waals surface area contributed by atoms with Gasteiger partial charge < -0.3 is 10.5 Å². The van der Waals surface area contributed by atoms with Crippen LogP contribution in [0.4, 0.5) is 11.4 Å². The minimum Gasteiger partial charge on any atom is -0.422 e. The third-order valence-electron chi connectivity index (χ3n) is 4.35. The number of rotatable bonds is 4. The van der Waals surface area contributed by atoms with Crippen molar-refractivity contribution in [2.45, 2.75) is 19.6 Å². The number of para-hydroxylation sites is 1. The SMILES string of the molecule is C[Si](C)(C)C#Cc1ccccc1-c1ccccc1OC(=O)c1cc([N+](=O)[O-])ccc1N. The van der Waals surface area contributed by atoms with Crippen LogP contribution >= 0.6 is 0 Å². The molecular weight excluding hydrogens is 408 g/mol. The molecule has 0 radical (unpaired) electrons. The van der Waals surface area contributed by atoms with Crippen molar-refractivity contribution in [1.82, 2.24) is 0 Å². The van der Waals surface area contributed by atoms with Crippen LogP contribution in [0.25, 0.3) is 11.1 Å². The van der Waals surface area contributed by atoms with Gasteiger partial charge in [0, 0.05) is 34.5 Å². The zero-order valence-corrected chi connectivity index (χ0v) is 18.5. The fraction of sp³-hybridized carbons (Fsp3) is 0.125. The normalized spacial score (nSPS) is 10.7. The third kappa shape index (κ3) is 5.38. The maximum atomic E-state index is 12.8. The lowest BCUT2D eigenvalue weighted by Crippen LogP contribution is -2.16. The van der Waals surface area contributed by atoms with Crippen molar-refractivity contribution in [3.8, 4) is 28.3 Å². The lowest BCUT2D eigenvalue weighted by molar-refractivity contribution is -0.384. The summed E-state index contributed by atoms with van der Waals surface area (Å²) in [5.74, 6) is 2.82. The molecule has 0 spiro atoms. The van der Waals surface area contributed by atoms with Gasteiger partial charge in [-0.05, 0) is 18.2 Å². The minimum absolute atomic E-state index is 0.0594. The summed E-state index contributed by atoms with van der Waals surface area (Å²) in [7, 11) is -1.58. The predicted octanol–water partition coefficient (Wildman–Crippen LogP) is 5.29. The molecule has 156 valence electrons. The number of hydrogen-bond donors (Lipinski definition) is 1. The van der Waals surface area contributed by atoms with Gasteiger partial charge in [0.2, 0.25) is 0 Å². The molecule has 0 fully saturated rings. The molecule has 6 nitrogen and oxygen atoms in total. The molecule has 3 aromatic carbocycles. The zero-order chi connectivity index (χ0) is 22.6. The first-order valence-electron chi connectivity index (χ1n) is 9.63. The van der Waals surface area contributed by atoms with E-state index in [1.165, 1.54) is 12.1 Å². The highest BCUT2D eigenvalue weighted by Crippen LogP contribution is 2.33. The van der Waals surface area contributed by atoms with Crippen molar-refractivity contribution in [2.24, 2.45) is 0 Å². The average Bonchev–Trinajstić information content (AvgIpc) is 2.72. The largest absolute Gasteiger partial charge is 0.422 e. The maximum absolute atomic E-state index is 12.8. The molecule has 3 rings (SSSR count). The van der Waals surface area contributed by atoms with Gasteiger partial charge in [0.1, 0.15) is 13.8 Å². The predicted molar refractivity (Wildman–Crippen MR) is 125 cm³/mol. The molecule has 0 saturated heterocycles. The molecule has 0 bridgehead atoms. The number of non-ortho nitro benzene ring substituents is 1. The van der Waals surface area contributed by atoms with Crippen molar-refractivity contribution in [1.29, 1.82) is 0 Å². The van der Waals surface area contributed by atoms with Crippen molar-refractivity contribution >= 4 is 25.4 Å². The zero-order valence-electron chi connectivity index (χ0n) is 17.5. The number of ether oxygens (including phenoxy) is 1. The number of nitrogens with zero attached hydrogens (tertiary/aromatic N) is 1. The van der Waals surface area contributed by atoms with E-state index >= 15 is 0 Å². The number of nitrogen functional groups attached to an aromatic ring is 1. The lowest BCUT2D eigenvalue weighted by Gasteiger charge is -2.13. The van der Waals surface area contributed by atoms with Gasteiger partial charge in [-0.25, -0.2) is 4.79 Å². The quantitative estimate of drug-likeness (QED) is 0.115. The molecule has 0 heterocycles. The minimum atomic E-state index is -1.58. The number of hydrogen-bond acceptors (Lipinski definition) is 5. The highest BCUT2D eigenvalue weighted by molar-refractivity contribution is 6.83.